The topological polar surface area (TPSA) is 68.8 Å². The Morgan fingerprint density at radius 3 is 2.30 bits per heavy atom. The molecule has 1 aliphatic heterocycles. The Morgan fingerprint density at radius 2 is 1.67 bits per heavy atom. The molecule has 1 aromatic carbocycles. The molecule has 2 amide bonds. The molecule has 0 aliphatic carbocycles. The number of hydrogen-bond acceptors (Lipinski definition) is 5. The summed E-state index contributed by atoms with van der Waals surface area (Å²) in [6, 6.07) is 13.8. The predicted molar refractivity (Wildman–Crippen MR) is 117 cm³/mol. The Bertz CT molecular complexity index is 861. The maximum absolute atomic E-state index is 12.5. The highest BCUT2D eigenvalue weighted by atomic mass is 16.2. The second kappa shape index (κ2) is 10.3. The van der Waals surface area contributed by atoms with Crippen LogP contribution in [-0.4, -0.2) is 84.9 Å². The van der Waals surface area contributed by atoms with Crippen LogP contribution in [0.15, 0.2) is 42.5 Å². The van der Waals surface area contributed by atoms with E-state index in [9.17, 15) is 9.59 Å². The van der Waals surface area contributed by atoms with Gasteiger partial charge in [0.25, 0.3) is 11.8 Å². The first kappa shape index (κ1) is 21.9. The highest BCUT2D eigenvalue weighted by Crippen LogP contribution is 2.10. The van der Waals surface area contributed by atoms with E-state index < -0.39 is 0 Å². The number of hydrogen-bond donors (Lipinski definition) is 1. The lowest BCUT2D eigenvalue weighted by Crippen LogP contribution is -2.48. The van der Waals surface area contributed by atoms with Crippen molar-refractivity contribution in [3.05, 3.63) is 65.0 Å². The number of piperazine rings is 1. The lowest BCUT2D eigenvalue weighted by atomic mass is 10.1. The van der Waals surface area contributed by atoms with Crippen LogP contribution < -0.4 is 5.32 Å². The van der Waals surface area contributed by atoms with Crippen molar-refractivity contribution in [2.75, 3.05) is 53.4 Å². The maximum Gasteiger partial charge on any atom is 0.271 e. The number of nitrogens with zero attached hydrogens (tertiary/aromatic N) is 4. The quantitative estimate of drug-likeness (QED) is 0.753. The third-order valence-corrected chi connectivity index (χ3v) is 5.38. The zero-order chi connectivity index (χ0) is 21.5. The molecule has 1 aliphatic rings. The van der Waals surface area contributed by atoms with Gasteiger partial charge in [0.1, 0.15) is 5.69 Å². The standard InChI is InChI=1S/C23H31N5O2/c1-18-20(9-10-21(25-18)23(30)26(2)3)22(29)24-11-12-27-13-15-28(16-14-27)17-19-7-5-4-6-8-19/h4-10H,11-17H2,1-3H3,(H,24,29). The summed E-state index contributed by atoms with van der Waals surface area (Å²) in [5.41, 5.74) is 2.77. The zero-order valence-electron chi connectivity index (χ0n) is 18.1. The molecule has 30 heavy (non-hydrogen) atoms. The van der Waals surface area contributed by atoms with E-state index in [1.807, 2.05) is 6.07 Å². The molecule has 7 nitrogen and oxygen atoms in total. The number of carbonyl (C=O) groups is 2. The Morgan fingerprint density at radius 1 is 1.00 bits per heavy atom. The molecule has 1 fully saturated rings. The lowest BCUT2D eigenvalue weighted by molar-refractivity contribution is 0.0820. The monoisotopic (exact) mass is 409 g/mol. The van der Waals surface area contributed by atoms with E-state index in [1.54, 1.807) is 33.2 Å². The van der Waals surface area contributed by atoms with Crippen molar-refractivity contribution in [2.45, 2.75) is 13.5 Å². The van der Waals surface area contributed by atoms with E-state index in [-0.39, 0.29) is 11.8 Å². The van der Waals surface area contributed by atoms with E-state index in [4.69, 9.17) is 0 Å². The van der Waals surface area contributed by atoms with E-state index in [2.05, 4.69) is 44.4 Å². The normalized spacial score (nSPS) is 15.0. The summed E-state index contributed by atoms with van der Waals surface area (Å²) < 4.78 is 0. The Balaban J connectivity index is 1.41. The van der Waals surface area contributed by atoms with Gasteiger partial charge in [-0.2, -0.15) is 0 Å². The number of benzene rings is 1. The molecule has 7 heteroatoms. The number of nitrogens with one attached hydrogen (secondary N) is 1. The van der Waals surface area contributed by atoms with Crippen molar-refractivity contribution in [3.63, 3.8) is 0 Å². The molecule has 160 valence electrons. The van der Waals surface area contributed by atoms with Crippen molar-refractivity contribution in [3.8, 4) is 0 Å². The minimum atomic E-state index is -0.170. The molecule has 1 saturated heterocycles. The second-order valence-corrected chi connectivity index (χ2v) is 7.89. The third-order valence-electron chi connectivity index (χ3n) is 5.38. The van der Waals surface area contributed by atoms with Gasteiger partial charge in [0.2, 0.25) is 0 Å². The Labute approximate surface area is 178 Å². The number of rotatable bonds is 7. The van der Waals surface area contributed by atoms with Gasteiger partial charge in [-0.25, -0.2) is 4.98 Å². The zero-order valence-corrected chi connectivity index (χ0v) is 18.1. The van der Waals surface area contributed by atoms with Crippen molar-refractivity contribution >= 4 is 11.8 Å². The van der Waals surface area contributed by atoms with Crippen molar-refractivity contribution in [1.29, 1.82) is 0 Å². The molecular weight excluding hydrogens is 378 g/mol. The molecule has 0 atom stereocenters. The van der Waals surface area contributed by atoms with E-state index in [1.165, 1.54) is 10.5 Å². The Kier molecular flexibility index (Phi) is 7.54. The third kappa shape index (κ3) is 5.87. The molecule has 0 unspecified atom stereocenters. The summed E-state index contributed by atoms with van der Waals surface area (Å²) in [6.45, 7) is 8.25. The van der Waals surface area contributed by atoms with Crippen LogP contribution >= 0.6 is 0 Å². The van der Waals surface area contributed by atoms with Gasteiger partial charge in [-0.3, -0.25) is 19.4 Å². The molecule has 0 radical (unpaired) electrons. The van der Waals surface area contributed by atoms with E-state index in [0.29, 0.717) is 23.5 Å². The summed E-state index contributed by atoms with van der Waals surface area (Å²) >= 11 is 0. The van der Waals surface area contributed by atoms with Crippen molar-refractivity contribution in [2.24, 2.45) is 0 Å². The van der Waals surface area contributed by atoms with Crippen molar-refractivity contribution < 1.29 is 9.59 Å². The van der Waals surface area contributed by atoms with Gasteiger partial charge >= 0.3 is 0 Å². The highest BCUT2D eigenvalue weighted by molar-refractivity contribution is 5.97. The SMILES string of the molecule is Cc1nc(C(=O)N(C)C)ccc1C(=O)NCCN1CCN(Cc2ccccc2)CC1. The number of carbonyl (C=O) groups excluding carboxylic acids is 2. The fraction of sp³-hybridized carbons (Fsp3) is 0.435. The van der Waals surface area contributed by atoms with Crippen LogP contribution in [0.3, 0.4) is 0 Å². The minimum absolute atomic E-state index is 0.147. The molecular formula is C23H31N5O2. The molecule has 2 heterocycles. The number of pyridine rings is 1. The van der Waals surface area contributed by atoms with E-state index >= 15 is 0 Å². The number of aromatic nitrogens is 1. The molecule has 0 spiro atoms. The summed E-state index contributed by atoms with van der Waals surface area (Å²) in [7, 11) is 3.36. The summed E-state index contributed by atoms with van der Waals surface area (Å²) in [4.78, 5) is 35.1. The van der Waals surface area contributed by atoms with Gasteiger partial charge in [0, 0.05) is 59.9 Å². The average Bonchev–Trinajstić information content (AvgIpc) is 2.75. The molecule has 0 bridgehead atoms. The first-order chi connectivity index (χ1) is 14.4. The molecule has 2 aromatic rings. The first-order valence-electron chi connectivity index (χ1n) is 10.4. The lowest BCUT2D eigenvalue weighted by Gasteiger charge is -2.34. The fourth-order valence-electron chi connectivity index (χ4n) is 3.58. The summed E-state index contributed by atoms with van der Waals surface area (Å²) in [6.07, 6.45) is 0. The number of amides is 2. The fourth-order valence-corrected chi connectivity index (χ4v) is 3.58. The van der Waals surface area contributed by atoms with E-state index in [0.717, 1.165) is 39.3 Å². The summed E-state index contributed by atoms with van der Waals surface area (Å²) in [5.74, 6) is -0.317. The molecule has 1 aromatic heterocycles. The smallest absolute Gasteiger partial charge is 0.271 e. The van der Waals surface area contributed by atoms with Crippen LogP contribution in [0.1, 0.15) is 32.1 Å². The van der Waals surface area contributed by atoms with Gasteiger partial charge in [-0.05, 0) is 24.6 Å². The maximum atomic E-state index is 12.5. The van der Waals surface area contributed by atoms with Gasteiger partial charge < -0.3 is 10.2 Å². The van der Waals surface area contributed by atoms with Crippen LogP contribution in [0.5, 0.6) is 0 Å². The van der Waals surface area contributed by atoms with Crippen LogP contribution in [-0.2, 0) is 6.54 Å². The van der Waals surface area contributed by atoms with Crippen LogP contribution in [0.2, 0.25) is 0 Å². The highest BCUT2D eigenvalue weighted by Gasteiger charge is 2.18. The average molecular weight is 410 g/mol. The number of aryl methyl sites for hydroxylation is 1. The van der Waals surface area contributed by atoms with Gasteiger partial charge in [-0.15, -0.1) is 0 Å². The van der Waals surface area contributed by atoms with Gasteiger partial charge in [-0.1, -0.05) is 30.3 Å². The molecule has 1 N–H and O–H groups in total. The van der Waals surface area contributed by atoms with Gasteiger partial charge in [0.05, 0.1) is 11.3 Å². The predicted octanol–water partition coefficient (Wildman–Crippen LogP) is 1.64. The van der Waals surface area contributed by atoms with Crippen LogP contribution in [0.25, 0.3) is 0 Å². The summed E-state index contributed by atoms with van der Waals surface area (Å²) in [5, 5.41) is 2.98. The van der Waals surface area contributed by atoms with Gasteiger partial charge in [0.15, 0.2) is 0 Å². The molecule has 0 saturated carbocycles. The minimum Gasteiger partial charge on any atom is -0.351 e. The largest absolute Gasteiger partial charge is 0.351 e. The second-order valence-electron chi connectivity index (χ2n) is 7.89. The van der Waals surface area contributed by atoms with Crippen molar-refractivity contribution in [1.82, 2.24) is 25.0 Å². The first-order valence-corrected chi connectivity index (χ1v) is 10.4. The van der Waals surface area contributed by atoms with Crippen LogP contribution in [0, 0.1) is 6.92 Å². The molecule has 3 rings (SSSR count). The Hall–Kier alpha value is -2.77. The van der Waals surface area contributed by atoms with Crippen LogP contribution in [0.4, 0.5) is 0 Å².